The van der Waals surface area contributed by atoms with Crippen molar-refractivity contribution in [3.8, 4) is 5.75 Å². The van der Waals surface area contributed by atoms with Crippen molar-refractivity contribution in [2.24, 2.45) is 5.41 Å². The van der Waals surface area contributed by atoms with Crippen LogP contribution in [-0.4, -0.2) is 36.8 Å². The average Bonchev–Trinajstić information content (AvgIpc) is 2.92. The molecule has 1 aliphatic heterocycles. The number of rotatable bonds is 6. The van der Waals surface area contributed by atoms with E-state index in [4.69, 9.17) is 4.74 Å². The Morgan fingerprint density at radius 3 is 2.57 bits per heavy atom. The van der Waals surface area contributed by atoms with E-state index < -0.39 is 6.10 Å². The van der Waals surface area contributed by atoms with Gasteiger partial charge in [-0.25, -0.2) is 0 Å². The molecular weight excluding hydrogens is 316 g/mol. The molecule has 1 heterocycles. The number of carbonyl (C=O) groups is 1. The van der Waals surface area contributed by atoms with Gasteiger partial charge in [-0.05, 0) is 51.4 Å². The summed E-state index contributed by atoms with van der Waals surface area (Å²) in [5.74, 6) is 0.774. The van der Waals surface area contributed by atoms with E-state index >= 15 is 0 Å². The van der Waals surface area contributed by atoms with Crippen LogP contribution in [0.4, 0.5) is 0 Å². The highest BCUT2D eigenvalue weighted by molar-refractivity contribution is 5.85. The van der Waals surface area contributed by atoms with Crippen LogP contribution in [0.15, 0.2) is 24.3 Å². The van der Waals surface area contributed by atoms with Gasteiger partial charge in [-0.2, -0.15) is 0 Å². The fourth-order valence-electron chi connectivity index (χ4n) is 2.57. The van der Waals surface area contributed by atoms with E-state index in [0.717, 1.165) is 24.3 Å². The molecule has 2 unspecified atom stereocenters. The molecule has 0 aromatic heterocycles. The molecule has 1 aromatic rings. The second kappa shape index (κ2) is 8.52. The van der Waals surface area contributed by atoms with Gasteiger partial charge in [-0.1, -0.05) is 12.1 Å². The van der Waals surface area contributed by atoms with Crippen LogP contribution in [0, 0.1) is 5.41 Å². The zero-order chi connectivity index (χ0) is 16.2. The number of halogens is 1. The Bertz CT molecular complexity index is 499. The van der Waals surface area contributed by atoms with Crippen LogP contribution in [0.5, 0.6) is 5.75 Å². The number of aliphatic hydroxyl groups excluding tert-OH is 1. The summed E-state index contributed by atoms with van der Waals surface area (Å²) in [6, 6.07) is 7.33. The molecule has 3 N–H and O–H groups in total. The molecule has 1 aromatic carbocycles. The number of amides is 1. The summed E-state index contributed by atoms with van der Waals surface area (Å²) >= 11 is 0. The molecule has 1 fully saturated rings. The summed E-state index contributed by atoms with van der Waals surface area (Å²) in [5.41, 5.74) is 0.403. The first-order valence-corrected chi connectivity index (χ1v) is 7.84. The van der Waals surface area contributed by atoms with Crippen molar-refractivity contribution in [3.05, 3.63) is 29.8 Å². The predicted molar refractivity (Wildman–Crippen MR) is 93.0 cm³/mol. The van der Waals surface area contributed by atoms with Crippen LogP contribution in [0.2, 0.25) is 0 Å². The molecule has 0 saturated carbocycles. The van der Waals surface area contributed by atoms with Gasteiger partial charge in [0.05, 0.1) is 17.6 Å². The second-order valence-corrected chi connectivity index (χ2v) is 6.45. The van der Waals surface area contributed by atoms with Crippen molar-refractivity contribution in [2.75, 3.05) is 19.6 Å². The molecule has 1 amide bonds. The largest absolute Gasteiger partial charge is 0.491 e. The van der Waals surface area contributed by atoms with Crippen molar-refractivity contribution >= 4 is 18.3 Å². The van der Waals surface area contributed by atoms with Crippen LogP contribution < -0.4 is 15.4 Å². The highest BCUT2D eigenvalue weighted by Gasteiger charge is 2.36. The molecule has 0 aliphatic carbocycles. The summed E-state index contributed by atoms with van der Waals surface area (Å²) in [6.45, 7) is 7.67. The van der Waals surface area contributed by atoms with E-state index in [2.05, 4.69) is 10.6 Å². The second-order valence-electron chi connectivity index (χ2n) is 6.45. The zero-order valence-electron chi connectivity index (χ0n) is 14.0. The maximum atomic E-state index is 12.2. The van der Waals surface area contributed by atoms with Gasteiger partial charge >= 0.3 is 0 Å². The summed E-state index contributed by atoms with van der Waals surface area (Å²) in [5, 5.41) is 16.2. The third-order valence-electron chi connectivity index (χ3n) is 4.01. The lowest BCUT2D eigenvalue weighted by atomic mass is 9.89. The Labute approximate surface area is 144 Å². The molecule has 2 atom stereocenters. The smallest absolute Gasteiger partial charge is 0.227 e. The fraction of sp³-hybridized carbons (Fsp3) is 0.588. The molecule has 23 heavy (non-hydrogen) atoms. The van der Waals surface area contributed by atoms with E-state index in [1.165, 1.54) is 0 Å². The van der Waals surface area contributed by atoms with E-state index in [-0.39, 0.29) is 36.4 Å². The van der Waals surface area contributed by atoms with E-state index in [1.54, 1.807) is 0 Å². The van der Waals surface area contributed by atoms with Crippen molar-refractivity contribution in [1.29, 1.82) is 0 Å². The SMILES string of the molecule is CC(C)Oc1ccc(C(O)CNC(=O)C2(C)CCNC2)cc1.Cl. The number of aliphatic hydroxyl groups is 1. The molecule has 2 rings (SSSR count). The third kappa shape index (κ3) is 5.37. The first-order chi connectivity index (χ1) is 10.4. The van der Waals surface area contributed by atoms with Gasteiger partial charge in [0.15, 0.2) is 0 Å². The van der Waals surface area contributed by atoms with Gasteiger partial charge in [-0.3, -0.25) is 4.79 Å². The van der Waals surface area contributed by atoms with E-state index in [1.807, 2.05) is 45.0 Å². The minimum atomic E-state index is -0.713. The Balaban J connectivity index is 0.00000264. The van der Waals surface area contributed by atoms with E-state index in [9.17, 15) is 9.90 Å². The first kappa shape index (κ1) is 19.7. The van der Waals surface area contributed by atoms with Crippen molar-refractivity contribution in [1.82, 2.24) is 10.6 Å². The lowest BCUT2D eigenvalue weighted by molar-refractivity contribution is -0.129. The normalized spacial score (nSPS) is 21.6. The summed E-state index contributed by atoms with van der Waals surface area (Å²) in [4.78, 5) is 12.2. The molecule has 0 radical (unpaired) electrons. The Morgan fingerprint density at radius 1 is 1.39 bits per heavy atom. The van der Waals surface area contributed by atoms with Crippen LogP contribution in [-0.2, 0) is 4.79 Å². The minimum Gasteiger partial charge on any atom is -0.491 e. The summed E-state index contributed by atoms with van der Waals surface area (Å²) < 4.78 is 5.57. The monoisotopic (exact) mass is 342 g/mol. The lowest BCUT2D eigenvalue weighted by Gasteiger charge is -2.22. The molecular formula is C17H27ClN2O3. The van der Waals surface area contributed by atoms with E-state index in [0.29, 0.717) is 6.54 Å². The van der Waals surface area contributed by atoms with Gasteiger partial charge < -0.3 is 20.5 Å². The van der Waals surface area contributed by atoms with Crippen molar-refractivity contribution < 1.29 is 14.6 Å². The maximum Gasteiger partial charge on any atom is 0.227 e. The third-order valence-corrected chi connectivity index (χ3v) is 4.01. The van der Waals surface area contributed by atoms with Crippen LogP contribution in [0.1, 0.15) is 38.9 Å². The molecule has 0 bridgehead atoms. The van der Waals surface area contributed by atoms with Gasteiger partial charge in [-0.15, -0.1) is 12.4 Å². The number of benzene rings is 1. The lowest BCUT2D eigenvalue weighted by Crippen LogP contribution is -2.41. The fourth-order valence-corrected chi connectivity index (χ4v) is 2.57. The zero-order valence-corrected chi connectivity index (χ0v) is 14.8. The van der Waals surface area contributed by atoms with Crippen LogP contribution >= 0.6 is 12.4 Å². The van der Waals surface area contributed by atoms with Gasteiger partial charge in [0.2, 0.25) is 5.91 Å². The van der Waals surface area contributed by atoms with Crippen LogP contribution in [0.25, 0.3) is 0 Å². The first-order valence-electron chi connectivity index (χ1n) is 7.84. The summed E-state index contributed by atoms with van der Waals surface area (Å²) in [6.07, 6.45) is 0.238. The van der Waals surface area contributed by atoms with Gasteiger partial charge in [0.25, 0.3) is 0 Å². The molecule has 6 heteroatoms. The minimum absolute atomic E-state index is 0. The number of carbonyl (C=O) groups excluding carboxylic acids is 1. The molecule has 1 saturated heterocycles. The van der Waals surface area contributed by atoms with Crippen molar-refractivity contribution in [3.63, 3.8) is 0 Å². The Kier molecular flexibility index (Phi) is 7.32. The molecule has 1 aliphatic rings. The van der Waals surface area contributed by atoms with Gasteiger partial charge in [0.1, 0.15) is 5.75 Å². The Hall–Kier alpha value is -1.30. The van der Waals surface area contributed by atoms with Gasteiger partial charge in [0, 0.05) is 13.1 Å². The predicted octanol–water partition coefficient (Wildman–Crippen LogP) is 2.04. The standard InChI is InChI=1S/C17H26N2O3.ClH/c1-12(2)22-14-6-4-13(5-7-14)15(20)10-19-16(21)17(3)8-9-18-11-17;/h4-7,12,15,18,20H,8-11H2,1-3H3,(H,19,21);1H. The average molecular weight is 343 g/mol. The number of nitrogens with one attached hydrogen (secondary N) is 2. The summed E-state index contributed by atoms with van der Waals surface area (Å²) in [7, 11) is 0. The van der Waals surface area contributed by atoms with Crippen LogP contribution in [0.3, 0.4) is 0 Å². The molecule has 5 nitrogen and oxygen atoms in total. The Morgan fingerprint density at radius 2 is 2.04 bits per heavy atom. The quantitative estimate of drug-likeness (QED) is 0.740. The maximum absolute atomic E-state index is 12.2. The number of ether oxygens (including phenoxy) is 1. The highest BCUT2D eigenvalue weighted by Crippen LogP contribution is 2.25. The number of hydrogen-bond acceptors (Lipinski definition) is 4. The highest BCUT2D eigenvalue weighted by atomic mass is 35.5. The molecule has 130 valence electrons. The number of hydrogen-bond donors (Lipinski definition) is 3. The topological polar surface area (TPSA) is 70.6 Å². The van der Waals surface area contributed by atoms with Crippen molar-refractivity contribution in [2.45, 2.75) is 39.4 Å². The molecule has 0 spiro atoms.